The van der Waals surface area contributed by atoms with Gasteiger partial charge in [-0.1, -0.05) is 49.2 Å². The molecule has 114 valence electrons. The molecule has 0 aliphatic carbocycles. The number of aryl methyl sites for hydroxylation is 1. The highest BCUT2D eigenvalue weighted by atomic mass is 35.5. The van der Waals surface area contributed by atoms with E-state index in [9.17, 15) is 8.42 Å². The minimum Gasteiger partial charge on any atom is -0.206 e. The normalized spacial score (nSPS) is 13.3. The molecule has 0 saturated heterocycles. The summed E-state index contributed by atoms with van der Waals surface area (Å²) >= 11 is 6.85. The molecule has 0 saturated carbocycles. The van der Waals surface area contributed by atoms with Crippen LogP contribution in [-0.4, -0.2) is 8.42 Å². The average molecular weight is 344 g/mol. The van der Waals surface area contributed by atoms with Crippen molar-refractivity contribution in [3.63, 3.8) is 0 Å². The summed E-state index contributed by atoms with van der Waals surface area (Å²) in [6.07, 6.45) is 2.13. The van der Waals surface area contributed by atoms with Gasteiger partial charge in [0.25, 0.3) is 10.0 Å². The van der Waals surface area contributed by atoms with Gasteiger partial charge >= 0.3 is 0 Å². The second-order valence-electron chi connectivity index (χ2n) is 4.89. The molecule has 6 heteroatoms. The molecule has 0 aliphatic rings. The zero-order chi connectivity index (χ0) is 15.5. The number of rotatable bonds is 6. The van der Waals surface area contributed by atoms with Crippen LogP contribution in [0.25, 0.3) is 0 Å². The maximum Gasteiger partial charge on any atom is 0.250 e. The Morgan fingerprint density at radius 3 is 2.38 bits per heavy atom. The number of nitrogens with one attached hydrogen (secondary N) is 1. The summed E-state index contributed by atoms with van der Waals surface area (Å²) in [4.78, 5) is 0. The number of hydrogen-bond donors (Lipinski definition) is 1. The van der Waals surface area contributed by atoms with E-state index < -0.39 is 10.0 Å². The quantitative estimate of drug-likeness (QED) is 0.845. The van der Waals surface area contributed by atoms with Crippen molar-refractivity contribution < 1.29 is 8.42 Å². The number of benzene rings is 1. The highest BCUT2D eigenvalue weighted by molar-refractivity contribution is 7.91. The van der Waals surface area contributed by atoms with Crippen molar-refractivity contribution >= 4 is 33.0 Å². The molecule has 2 aromatic rings. The zero-order valence-electron chi connectivity index (χ0n) is 12.0. The molecule has 0 amide bonds. The zero-order valence-corrected chi connectivity index (χ0v) is 14.4. The fourth-order valence-corrected chi connectivity index (χ4v) is 4.79. The molecule has 3 nitrogen and oxygen atoms in total. The second-order valence-corrected chi connectivity index (χ2v) is 8.55. The Labute approximate surface area is 135 Å². The molecule has 1 N–H and O–H groups in total. The Kier molecular flexibility index (Phi) is 5.43. The van der Waals surface area contributed by atoms with Crippen LogP contribution in [0, 0.1) is 0 Å². The van der Waals surface area contributed by atoms with Gasteiger partial charge in [0.1, 0.15) is 4.21 Å². The molecule has 2 rings (SSSR count). The van der Waals surface area contributed by atoms with Crippen LogP contribution >= 0.6 is 22.9 Å². The number of hydrogen-bond acceptors (Lipinski definition) is 3. The molecule has 1 atom stereocenters. The maximum atomic E-state index is 12.2. The summed E-state index contributed by atoms with van der Waals surface area (Å²) in [6, 6.07) is 10.9. The van der Waals surface area contributed by atoms with E-state index in [4.69, 9.17) is 11.6 Å². The largest absolute Gasteiger partial charge is 0.250 e. The number of sulfonamides is 1. The SMILES string of the molecule is CCCc1ccc(C(C)NS(=O)(=O)c2ccc(Cl)s2)cc1. The van der Waals surface area contributed by atoms with Gasteiger partial charge in [-0.15, -0.1) is 11.3 Å². The summed E-state index contributed by atoms with van der Waals surface area (Å²) in [5.74, 6) is 0. The highest BCUT2D eigenvalue weighted by Crippen LogP contribution is 2.27. The molecule has 21 heavy (non-hydrogen) atoms. The van der Waals surface area contributed by atoms with Crippen LogP contribution in [0.4, 0.5) is 0 Å². The third-order valence-electron chi connectivity index (χ3n) is 3.16. The Morgan fingerprint density at radius 1 is 1.19 bits per heavy atom. The van der Waals surface area contributed by atoms with E-state index in [1.165, 1.54) is 11.6 Å². The molecule has 0 bridgehead atoms. The number of halogens is 1. The molecular formula is C15H18ClNO2S2. The van der Waals surface area contributed by atoms with Crippen molar-refractivity contribution in [2.45, 2.75) is 36.9 Å². The summed E-state index contributed by atoms with van der Waals surface area (Å²) in [6.45, 7) is 3.97. The summed E-state index contributed by atoms with van der Waals surface area (Å²) in [5, 5.41) is 0. The predicted octanol–water partition coefficient (Wildman–Crippen LogP) is 4.39. The van der Waals surface area contributed by atoms with Crippen molar-refractivity contribution in [2.24, 2.45) is 0 Å². The van der Waals surface area contributed by atoms with Gasteiger partial charge in [-0.25, -0.2) is 13.1 Å². The smallest absolute Gasteiger partial charge is 0.206 e. The van der Waals surface area contributed by atoms with Crippen LogP contribution in [-0.2, 0) is 16.4 Å². The summed E-state index contributed by atoms with van der Waals surface area (Å²) < 4.78 is 27.9. The Balaban J connectivity index is 2.11. The lowest BCUT2D eigenvalue weighted by molar-refractivity contribution is 0.569. The Bertz CT molecular complexity index is 693. The van der Waals surface area contributed by atoms with Crippen LogP contribution in [0.3, 0.4) is 0 Å². The van der Waals surface area contributed by atoms with Gasteiger partial charge in [-0.05, 0) is 36.6 Å². The van der Waals surface area contributed by atoms with E-state index in [-0.39, 0.29) is 10.3 Å². The van der Waals surface area contributed by atoms with Gasteiger partial charge in [0.2, 0.25) is 0 Å². The molecule has 0 spiro atoms. The first-order valence-corrected chi connectivity index (χ1v) is 9.46. The van der Waals surface area contributed by atoms with Gasteiger partial charge < -0.3 is 0 Å². The van der Waals surface area contributed by atoms with Crippen LogP contribution < -0.4 is 4.72 Å². The third kappa shape index (κ3) is 4.30. The van der Waals surface area contributed by atoms with E-state index in [0.717, 1.165) is 29.7 Å². The van der Waals surface area contributed by atoms with E-state index in [1.807, 2.05) is 31.2 Å². The summed E-state index contributed by atoms with van der Waals surface area (Å²) in [7, 11) is -3.52. The Hall–Kier alpha value is -0.880. The van der Waals surface area contributed by atoms with E-state index >= 15 is 0 Å². The lowest BCUT2D eigenvalue weighted by Crippen LogP contribution is -2.26. The minimum atomic E-state index is -3.52. The van der Waals surface area contributed by atoms with Gasteiger partial charge in [0, 0.05) is 6.04 Å². The highest BCUT2D eigenvalue weighted by Gasteiger charge is 2.20. The van der Waals surface area contributed by atoms with E-state index in [1.54, 1.807) is 6.07 Å². The molecular weight excluding hydrogens is 326 g/mol. The first-order valence-electron chi connectivity index (χ1n) is 6.79. The standard InChI is InChI=1S/C15H18ClNO2S2/c1-3-4-12-5-7-13(8-6-12)11(2)17-21(18,19)15-10-9-14(16)20-15/h5-11,17H,3-4H2,1-2H3. The first kappa shape index (κ1) is 16.5. The monoisotopic (exact) mass is 343 g/mol. The lowest BCUT2D eigenvalue weighted by Gasteiger charge is -2.14. The average Bonchev–Trinajstić information content (AvgIpc) is 2.87. The van der Waals surface area contributed by atoms with Crippen LogP contribution in [0.15, 0.2) is 40.6 Å². The van der Waals surface area contributed by atoms with Crippen LogP contribution in [0.5, 0.6) is 0 Å². The fourth-order valence-electron chi connectivity index (χ4n) is 2.06. The molecule has 1 heterocycles. The van der Waals surface area contributed by atoms with Gasteiger partial charge in [-0.2, -0.15) is 0 Å². The van der Waals surface area contributed by atoms with Gasteiger partial charge in [-0.3, -0.25) is 0 Å². The third-order valence-corrected chi connectivity index (χ3v) is 6.43. The predicted molar refractivity (Wildman–Crippen MR) is 88.5 cm³/mol. The molecule has 1 aromatic carbocycles. The molecule has 0 radical (unpaired) electrons. The topological polar surface area (TPSA) is 46.2 Å². The van der Waals surface area contributed by atoms with Crippen molar-refractivity contribution in [3.8, 4) is 0 Å². The molecule has 0 fully saturated rings. The van der Waals surface area contributed by atoms with Crippen molar-refractivity contribution in [3.05, 3.63) is 51.9 Å². The molecule has 1 aromatic heterocycles. The van der Waals surface area contributed by atoms with Gasteiger partial charge in [0.05, 0.1) is 4.34 Å². The van der Waals surface area contributed by atoms with Crippen LogP contribution in [0.2, 0.25) is 4.34 Å². The van der Waals surface area contributed by atoms with Crippen molar-refractivity contribution in [1.29, 1.82) is 0 Å². The lowest BCUT2D eigenvalue weighted by atomic mass is 10.0. The molecule has 1 unspecified atom stereocenters. The second kappa shape index (κ2) is 6.92. The number of thiophene rings is 1. The Morgan fingerprint density at radius 2 is 1.86 bits per heavy atom. The van der Waals surface area contributed by atoms with Gasteiger partial charge in [0.15, 0.2) is 0 Å². The first-order chi connectivity index (χ1) is 9.92. The molecule has 0 aliphatic heterocycles. The van der Waals surface area contributed by atoms with Crippen LogP contribution in [0.1, 0.15) is 37.4 Å². The van der Waals surface area contributed by atoms with E-state index in [2.05, 4.69) is 11.6 Å². The summed E-state index contributed by atoms with van der Waals surface area (Å²) in [5.41, 5.74) is 2.21. The van der Waals surface area contributed by atoms with Crippen molar-refractivity contribution in [2.75, 3.05) is 0 Å². The fraction of sp³-hybridized carbons (Fsp3) is 0.333. The maximum absolute atomic E-state index is 12.2. The minimum absolute atomic E-state index is 0.238. The van der Waals surface area contributed by atoms with Crippen molar-refractivity contribution in [1.82, 2.24) is 4.72 Å². The van der Waals surface area contributed by atoms with E-state index in [0.29, 0.717) is 4.34 Å².